The molecule has 2 heteroatoms. The van der Waals surface area contributed by atoms with E-state index in [0.717, 1.165) is 24.8 Å². The Morgan fingerprint density at radius 2 is 1.82 bits per heavy atom. The zero-order chi connectivity index (χ0) is 19.9. The van der Waals surface area contributed by atoms with E-state index in [1.807, 2.05) is 24.3 Å². The van der Waals surface area contributed by atoms with Crippen LogP contribution in [-0.4, -0.2) is 10.2 Å². The van der Waals surface area contributed by atoms with Gasteiger partial charge in [0, 0.05) is 5.92 Å². The lowest BCUT2D eigenvalue weighted by Crippen LogP contribution is -2.04. The van der Waals surface area contributed by atoms with Crippen LogP contribution in [-0.2, 0) is 6.42 Å². The molecule has 0 radical (unpaired) electrons. The highest BCUT2D eigenvalue weighted by molar-refractivity contribution is 5.76. The first-order valence-corrected chi connectivity index (χ1v) is 10.6. The van der Waals surface area contributed by atoms with Crippen molar-refractivity contribution in [2.75, 3.05) is 0 Å². The summed E-state index contributed by atoms with van der Waals surface area (Å²) in [5.41, 5.74) is 4.68. The second kappa shape index (κ2) is 9.64. The van der Waals surface area contributed by atoms with Gasteiger partial charge in [-0.25, -0.2) is 0 Å². The van der Waals surface area contributed by atoms with Crippen LogP contribution >= 0.6 is 0 Å². The van der Waals surface area contributed by atoms with Gasteiger partial charge >= 0.3 is 0 Å². The molecule has 2 aromatic carbocycles. The molecule has 2 N–H and O–H groups in total. The average molecular weight is 377 g/mol. The van der Waals surface area contributed by atoms with Gasteiger partial charge < -0.3 is 10.2 Å². The molecule has 28 heavy (non-hydrogen) atoms. The molecule has 0 spiro atoms. The topological polar surface area (TPSA) is 40.5 Å². The van der Waals surface area contributed by atoms with Crippen molar-refractivity contribution >= 4 is 5.57 Å². The van der Waals surface area contributed by atoms with Crippen LogP contribution in [0.15, 0.2) is 60.7 Å². The van der Waals surface area contributed by atoms with Crippen molar-refractivity contribution in [2.24, 2.45) is 5.92 Å². The van der Waals surface area contributed by atoms with E-state index in [-0.39, 0.29) is 0 Å². The Kier molecular flexibility index (Phi) is 6.97. The minimum atomic E-state index is 0.306. The van der Waals surface area contributed by atoms with Crippen molar-refractivity contribution in [1.82, 2.24) is 0 Å². The molecule has 2 atom stereocenters. The van der Waals surface area contributed by atoms with E-state index in [1.165, 1.54) is 36.0 Å². The molecular formula is C26H32O2. The molecular weight excluding hydrogens is 344 g/mol. The lowest BCUT2D eigenvalue weighted by Gasteiger charge is -2.19. The largest absolute Gasteiger partial charge is 0.508 e. The number of hydrogen-bond donors (Lipinski definition) is 2. The van der Waals surface area contributed by atoms with Gasteiger partial charge in [0.05, 0.1) is 0 Å². The number of phenolic OH excluding ortho intramolecular Hbond substituents is 2. The molecule has 0 aliphatic heterocycles. The van der Waals surface area contributed by atoms with E-state index in [0.29, 0.717) is 23.3 Å². The summed E-state index contributed by atoms with van der Waals surface area (Å²) in [6.45, 7) is 4.48. The molecule has 1 aliphatic rings. The standard InChI is InChI=1S/C26H32O2/c1-3-5-6-19(4-2)17-24-18-23(13-16-26(24)28)22-9-7-20(8-10-22)21-11-14-25(27)15-12-21/h7,9-16,18-20,27-28H,3-6,8,17H2,1-2H3. The van der Waals surface area contributed by atoms with Crippen LogP contribution in [0.4, 0.5) is 0 Å². The van der Waals surface area contributed by atoms with Crippen LogP contribution in [0.2, 0.25) is 0 Å². The minimum absolute atomic E-state index is 0.306. The first kappa shape index (κ1) is 20.3. The molecule has 0 heterocycles. The number of benzene rings is 2. The van der Waals surface area contributed by atoms with Gasteiger partial charge in [0.25, 0.3) is 0 Å². The maximum absolute atomic E-state index is 10.4. The second-order valence-corrected chi connectivity index (χ2v) is 7.92. The third-order valence-corrected chi connectivity index (χ3v) is 5.89. The Morgan fingerprint density at radius 3 is 2.46 bits per heavy atom. The van der Waals surface area contributed by atoms with Gasteiger partial charge in [0.1, 0.15) is 11.5 Å². The molecule has 0 aromatic heterocycles. The molecule has 0 bridgehead atoms. The van der Waals surface area contributed by atoms with Crippen molar-refractivity contribution < 1.29 is 10.2 Å². The van der Waals surface area contributed by atoms with Crippen molar-refractivity contribution in [3.8, 4) is 11.5 Å². The lowest BCUT2D eigenvalue weighted by molar-refractivity contribution is 0.426. The fraction of sp³-hybridized carbons (Fsp3) is 0.385. The number of rotatable bonds is 8. The third-order valence-electron chi connectivity index (χ3n) is 5.89. The normalized spacial score (nSPS) is 17.4. The maximum Gasteiger partial charge on any atom is 0.118 e. The molecule has 2 nitrogen and oxygen atoms in total. The minimum Gasteiger partial charge on any atom is -0.508 e. The highest BCUT2D eigenvalue weighted by Crippen LogP contribution is 2.33. The summed E-state index contributed by atoms with van der Waals surface area (Å²) in [6, 6.07) is 13.5. The average Bonchev–Trinajstić information content (AvgIpc) is 2.73. The van der Waals surface area contributed by atoms with Crippen molar-refractivity contribution in [2.45, 2.75) is 58.3 Å². The summed E-state index contributed by atoms with van der Waals surface area (Å²) in [5.74, 6) is 1.71. The lowest BCUT2D eigenvalue weighted by atomic mass is 9.86. The molecule has 0 amide bonds. The molecule has 3 rings (SSSR count). The highest BCUT2D eigenvalue weighted by Gasteiger charge is 2.15. The Balaban J connectivity index is 1.72. The fourth-order valence-corrected chi connectivity index (χ4v) is 3.99. The molecule has 0 fully saturated rings. The summed E-state index contributed by atoms with van der Waals surface area (Å²) < 4.78 is 0. The highest BCUT2D eigenvalue weighted by atomic mass is 16.3. The first-order chi connectivity index (χ1) is 13.6. The summed E-state index contributed by atoms with van der Waals surface area (Å²) in [4.78, 5) is 0. The number of aromatic hydroxyl groups is 2. The fourth-order valence-electron chi connectivity index (χ4n) is 3.99. The van der Waals surface area contributed by atoms with Crippen molar-refractivity contribution in [3.63, 3.8) is 0 Å². The van der Waals surface area contributed by atoms with Crippen molar-refractivity contribution in [3.05, 3.63) is 77.4 Å². The third kappa shape index (κ3) is 5.07. The van der Waals surface area contributed by atoms with Crippen molar-refractivity contribution in [1.29, 1.82) is 0 Å². The zero-order valence-electron chi connectivity index (χ0n) is 17.1. The molecule has 0 saturated heterocycles. The Morgan fingerprint density at radius 1 is 1.04 bits per heavy atom. The second-order valence-electron chi connectivity index (χ2n) is 7.92. The zero-order valence-corrected chi connectivity index (χ0v) is 17.1. The quantitative estimate of drug-likeness (QED) is 0.521. The van der Waals surface area contributed by atoms with Gasteiger partial charge in [-0.15, -0.1) is 0 Å². The summed E-state index contributed by atoms with van der Waals surface area (Å²) in [6.07, 6.45) is 13.5. The van der Waals surface area contributed by atoms with E-state index in [4.69, 9.17) is 0 Å². The number of phenols is 2. The van der Waals surface area contributed by atoms with E-state index < -0.39 is 0 Å². The molecule has 0 saturated carbocycles. The van der Waals surface area contributed by atoms with Gasteiger partial charge in [-0.3, -0.25) is 0 Å². The van der Waals surface area contributed by atoms with Gasteiger partial charge in [0.15, 0.2) is 0 Å². The molecule has 2 aromatic rings. The molecule has 1 aliphatic carbocycles. The molecule has 148 valence electrons. The van der Waals surface area contributed by atoms with Crippen LogP contribution in [0, 0.1) is 5.92 Å². The Labute approximate surface area is 169 Å². The maximum atomic E-state index is 10.4. The summed E-state index contributed by atoms with van der Waals surface area (Å²) >= 11 is 0. The van der Waals surface area contributed by atoms with E-state index in [2.05, 4.69) is 38.1 Å². The van der Waals surface area contributed by atoms with E-state index >= 15 is 0 Å². The van der Waals surface area contributed by atoms with Crippen LogP contribution in [0.25, 0.3) is 5.57 Å². The SMILES string of the molecule is CCCCC(CC)Cc1cc(C2=CCC(c3ccc(O)cc3)C=C2)ccc1O. The van der Waals surface area contributed by atoms with Gasteiger partial charge in [-0.1, -0.05) is 76.0 Å². The summed E-state index contributed by atoms with van der Waals surface area (Å²) in [5, 5.41) is 19.8. The van der Waals surface area contributed by atoms with Crippen LogP contribution in [0.3, 0.4) is 0 Å². The van der Waals surface area contributed by atoms with Gasteiger partial charge in [-0.2, -0.15) is 0 Å². The van der Waals surface area contributed by atoms with E-state index in [1.54, 1.807) is 12.1 Å². The number of unbranched alkanes of at least 4 members (excludes halogenated alkanes) is 1. The number of hydrogen-bond acceptors (Lipinski definition) is 2. The van der Waals surface area contributed by atoms with Gasteiger partial charge in [0.2, 0.25) is 0 Å². The van der Waals surface area contributed by atoms with Gasteiger partial charge in [-0.05, 0) is 65.3 Å². The molecule has 2 unspecified atom stereocenters. The van der Waals surface area contributed by atoms with Crippen LogP contribution in [0.1, 0.15) is 68.6 Å². The smallest absolute Gasteiger partial charge is 0.118 e. The predicted molar refractivity (Wildman–Crippen MR) is 118 cm³/mol. The predicted octanol–water partition coefficient (Wildman–Crippen LogP) is 6.98. The van der Waals surface area contributed by atoms with E-state index in [9.17, 15) is 10.2 Å². The monoisotopic (exact) mass is 376 g/mol. The first-order valence-electron chi connectivity index (χ1n) is 10.6. The van der Waals surface area contributed by atoms with Crippen LogP contribution < -0.4 is 0 Å². The Bertz CT molecular complexity index is 830. The summed E-state index contributed by atoms with van der Waals surface area (Å²) in [7, 11) is 0. The number of allylic oxidation sites excluding steroid dienone is 4. The Hall–Kier alpha value is -2.48. The van der Waals surface area contributed by atoms with Crippen LogP contribution in [0.5, 0.6) is 11.5 Å².